The molecule has 0 radical (unpaired) electrons. The van der Waals surface area contributed by atoms with E-state index in [0.29, 0.717) is 28.1 Å². The van der Waals surface area contributed by atoms with Crippen LogP contribution in [-0.2, 0) is 0 Å². The van der Waals surface area contributed by atoms with Gasteiger partial charge in [0.1, 0.15) is 17.4 Å². The van der Waals surface area contributed by atoms with Gasteiger partial charge in [0.25, 0.3) is 0 Å². The summed E-state index contributed by atoms with van der Waals surface area (Å²) in [6.45, 7) is 1.64. The van der Waals surface area contributed by atoms with Gasteiger partial charge in [-0.3, -0.25) is 0 Å². The van der Waals surface area contributed by atoms with E-state index in [9.17, 15) is 9.50 Å². The first kappa shape index (κ1) is 13.1. The highest BCUT2D eigenvalue weighted by atomic mass is 19.1. The Morgan fingerprint density at radius 3 is 2.81 bits per heavy atom. The van der Waals surface area contributed by atoms with Gasteiger partial charge in [-0.15, -0.1) is 0 Å². The average molecular weight is 284 g/mol. The van der Waals surface area contributed by atoms with Gasteiger partial charge in [-0.25, -0.2) is 14.4 Å². The van der Waals surface area contributed by atoms with E-state index in [1.807, 2.05) is 0 Å². The number of fused-ring (bicyclic) bond motifs is 1. The van der Waals surface area contributed by atoms with Gasteiger partial charge in [-0.1, -0.05) is 0 Å². The molecule has 0 amide bonds. The predicted octanol–water partition coefficient (Wildman–Crippen LogP) is 3.11. The quantitative estimate of drug-likeness (QED) is 0.673. The molecule has 0 bridgehead atoms. The Hall–Kier alpha value is -2.89. The van der Waals surface area contributed by atoms with Crippen molar-refractivity contribution >= 4 is 28.2 Å². The maximum atomic E-state index is 14.0. The lowest BCUT2D eigenvalue weighted by molar-refractivity contribution is 0.469. The molecule has 0 fully saturated rings. The van der Waals surface area contributed by atoms with Crippen molar-refractivity contribution in [1.29, 1.82) is 0 Å². The first-order valence-electron chi connectivity index (χ1n) is 6.32. The van der Waals surface area contributed by atoms with Gasteiger partial charge in [-0.2, -0.15) is 0 Å². The number of nitrogens with two attached hydrogens (primary N) is 1. The second-order valence-corrected chi connectivity index (χ2v) is 4.71. The number of benzene rings is 1. The number of aryl methyl sites for hydroxylation is 1. The van der Waals surface area contributed by atoms with Crippen molar-refractivity contribution in [3.63, 3.8) is 0 Å². The third kappa shape index (κ3) is 2.43. The van der Waals surface area contributed by atoms with Crippen molar-refractivity contribution in [2.45, 2.75) is 6.92 Å². The number of nitrogen functional groups attached to an aromatic ring is 1. The first-order chi connectivity index (χ1) is 10.0. The summed E-state index contributed by atoms with van der Waals surface area (Å²) < 4.78 is 14.0. The van der Waals surface area contributed by atoms with Gasteiger partial charge >= 0.3 is 0 Å². The number of aromatic nitrogens is 2. The Kier molecular flexibility index (Phi) is 3.06. The van der Waals surface area contributed by atoms with E-state index < -0.39 is 5.82 Å². The summed E-state index contributed by atoms with van der Waals surface area (Å²) in [7, 11) is 0. The highest BCUT2D eigenvalue weighted by molar-refractivity contribution is 5.91. The fraction of sp³-hybridized carbons (Fsp3) is 0.0667. The molecular formula is C15H13FN4O. The highest BCUT2D eigenvalue weighted by Gasteiger charge is 2.09. The summed E-state index contributed by atoms with van der Waals surface area (Å²) in [6.07, 6.45) is 1.56. The number of phenols is 1. The third-order valence-electron chi connectivity index (χ3n) is 3.18. The molecule has 0 aliphatic heterocycles. The van der Waals surface area contributed by atoms with Crippen LogP contribution in [0.5, 0.6) is 5.75 Å². The minimum absolute atomic E-state index is 0.0274. The molecule has 6 heteroatoms. The number of rotatable bonds is 2. The van der Waals surface area contributed by atoms with Crippen molar-refractivity contribution in [2.75, 3.05) is 11.1 Å². The molecule has 0 unspecified atom stereocenters. The number of halogens is 1. The normalized spacial score (nSPS) is 10.8. The molecule has 2 heterocycles. The summed E-state index contributed by atoms with van der Waals surface area (Å²) in [5.41, 5.74) is 7.39. The Morgan fingerprint density at radius 1 is 1.19 bits per heavy atom. The zero-order valence-electron chi connectivity index (χ0n) is 11.3. The van der Waals surface area contributed by atoms with Gasteiger partial charge < -0.3 is 16.2 Å². The fourth-order valence-electron chi connectivity index (χ4n) is 2.06. The molecule has 5 nitrogen and oxygen atoms in total. The molecule has 1 aromatic carbocycles. The number of nitrogens with one attached hydrogen (secondary N) is 1. The topological polar surface area (TPSA) is 84.1 Å². The SMILES string of the molecule is Cc1cc(F)c(Nc2ccnc3nc(N)ccc23)cc1O. The van der Waals surface area contributed by atoms with Crippen LogP contribution in [0.15, 0.2) is 36.5 Å². The Bertz CT molecular complexity index is 835. The van der Waals surface area contributed by atoms with Gasteiger partial charge in [0.2, 0.25) is 0 Å². The Balaban J connectivity index is 2.08. The van der Waals surface area contributed by atoms with Gasteiger partial charge in [-0.05, 0) is 36.8 Å². The molecular weight excluding hydrogens is 271 g/mol. The molecule has 0 aliphatic carbocycles. The van der Waals surface area contributed by atoms with Crippen LogP contribution in [0.3, 0.4) is 0 Å². The lowest BCUT2D eigenvalue weighted by Gasteiger charge is -2.11. The van der Waals surface area contributed by atoms with Crippen molar-refractivity contribution in [3.8, 4) is 5.75 Å². The van der Waals surface area contributed by atoms with E-state index in [1.54, 1.807) is 31.3 Å². The lowest BCUT2D eigenvalue weighted by atomic mass is 10.1. The van der Waals surface area contributed by atoms with Crippen LogP contribution in [0.2, 0.25) is 0 Å². The zero-order chi connectivity index (χ0) is 15.0. The van der Waals surface area contributed by atoms with E-state index in [-0.39, 0.29) is 11.4 Å². The standard InChI is InChI=1S/C15H13FN4O/c1-8-6-10(16)12(7-13(8)21)19-11-4-5-18-15-9(11)2-3-14(17)20-15/h2-7,21H,1H3,(H3,17,18,19,20). The number of nitrogens with zero attached hydrogens (tertiary/aromatic N) is 2. The molecule has 2 aromatic heterocycles. The predicted molar refractivity (Wildman–Crippen MR) is 80.0 cm³/mol. The lowest BCUT2D eigenvalue weighted by Crippen LogP contribution is -1.98. The van der Waals surface area contributed by atoms with Crippen molar-refractivity contribution in [2.24, 2.45) is 0 Å². The van der Waals surface area contributed by atoms with Crippen LogP contribution in [0.1, 0.15) is 5.56 Å². The smallest absolute Gasteiger partial charge is 0.163 e. The maximum absolute atomic E-state index is 14.0. The molecule has 0 saturated carbocycles. The van der Waals surface area contributed by atoms with Crippen LogP contribution < -0.4 is 11.1 Å². The number of hydrogen-bond donors (Lipinski definition) is 3. The third-order valence-corrected chi connectivity index (χ3v) is 3.18. The molecule has 106 valence electrons. The molecule has 3 aromatic rings. The monoisotopic (exact) mass is 284 g/mol. The van der Waals surface area contributed by atoms with E-state index in [0.717, 1.165) is 0 Å². The average Bonchev–Trinajstić information content (AvgIpc) is 2.44. The van der Waals surface area contributed by atoms with Gasteiger partial charge in [0, 0.05) is 17.6 Å². The Labute approximate surface area is 120 Å². The van der Waals surface area contributed by atoms with Crippen LogP contribution >= 0.6 is 0 Å². The van der Waals surface area contributed by atoms with Crippen LogP contribution in [0.4, 0.5) is 21.6 Å². The fourth-order valence-corrected chi connectivity index (χ4v) is 2.06. The summed E-state index contributed by atoms with van der Waals surface area (Å²) in [6, 6.07) is 7.74. The number of aromatic hydroxyl groups is 1. The number of pyridine rings is 2. The number of phenolic OH excluding ortho intramolecular Hbond substituents is 1. The molecule has 4 N–H and O–H groups in total. The number of anilines is 3. The van der Waals surface area contributed by atoms with E-state index >= 15 is 0 Å². The van der Waals surface area contributed by atoms with Crippen LogP contribution in [0.25, 0.3) is 11.0 Å². The van der Waals surface area contributed by atoms with E-state index in [2.05, 4.69) is 15.3 Å². The summed E-state index contributed by atoms with van der Waals surface area (Å²) in [4.78, 5) is 8.24. The molecule has 0 spiro atoms. The summed E-state index contributed by atoms with van der Waals surface area (Å²) >= 11 is 0. The minimum atomic E-state index is -0.446. The van der Waals surface area contributed by atoms with E-state index in [1.165, 1.54) is 12.1 Å². The van der Waals surface area contributed by atoms with Gasteiger partial charge in [0.05, 0.1) is 11.4 Å². The van der Waals surface area contributed by atoms with E-state index in [4.69, 9.17) is 5.73 Å². The Morgan fingerprint density at radius 2 is 2.00 bits per heavy atom. The maximum Gasteiger partial charge on any atom is 0.163 e. The van der Waals surface area contributed by atoms with Crippen LogP contribution in [-0.4, -0.2) is 15.1 Å². The summed E-state index contributed by atoms with van der Waals surface area (Å²) in [5, 5.41) is 13.4. The minimum Gasteiger partial charge on any atom is -0.508 e. The first-order valence-corrected chi connectivity index (χ1v) is 6.32. The summed E-state index contributed by atoms with van der Waals surface area (Å²) in [5.74, 6) is -0.0513. The highest BCUT2D eigenvalue weighted by Crippen LogP contribution is 2.30. The second-order valence-electron chi connectivity index (χ2n) is 4.71. The largest absolute Gasteiger partial charge is 0.508 e. The van der Waals surface area contributed by atoms with Gasteiger partial charge in [0.15, 0.2) is 5.65 Å². The van der Waals surface area contributed by atoms with Crippen LogP contribution in [0, 0.1) is 12.7 Å². The molecule has 0 aliphatic rings. The number of hydrogen-bond acceptors (Lipinski definition) is 5. The van der Waals surface area contributed by atoms with Crippen molar-refractivity contribution < 1.29 is 9.50 Å². The van der Waals surface area contributed by atoms with Crippen molar-refractivity contribution in [3.05, 3.63) is 47.9 Å². The molecule has 3 rings (SSSR count). The molecule has 21 heavy (non-hydrogen) atoms. The molecule has 0 saturated heterocycles. The molecule has 0 atom stereocenters. The second kappa shape index (κ2) is 4.90. The zero-order valence-corrected chi connectivity index (χ0v) is 11.3. The van der Waals surface area contributed by atoms with Crippen molar-refractivity contribution in [1.82, 2.24) is 9.97 Å².